The molecule has 7 heteroatoms. The minimum absolute atomic E-state index is 0.00751. The third kappa shape index (κ3) is 3.88. The molecule has 1 amide bonds. The zero-order valence-corrected chi connectivity index (χ0v) is 12.7. The van der Waals surface area contributed by atoms with Gasteiger partial charge in [-0.1, -0.05) is 0 Å². The fourth-order valence-corrected chi connectivity index (χ4v) is 3.80. The standard InChI is InChI=1S/C13H21NO5S/c1-10-12(19-7-6-18-10)13(15)14-5-3-4-11(8-14)9-20(2,16)17/h11H,3-9H2,1-2H3. The third-order valence-corrected chi connectivity index (χ3v) is 4.58. The van der Waals surface area contributed by atoms with Crippen LogP contribution in [0.5, 0.6) is 0 Å². The summed E-state index contributed by atoms with van der Waals surface area (Å²) in [6.45, 7) is 3.65. The van der Waals surface area contributed by atoms with Gasteiger partial charge in [-0.3, -0.25) is 4.79 Å². The molecule has 0 radical (unpaired) electrons. The van der Waals surface area contributed by atoms with Crippen molar-refractivity contribution in [3.63, 3.8) is 0 Å². The van der Waals surface area contributed by atoms with Crippen LogP contribution in [0.1, 0.15) is 19.8 Å². The van der Waals surface area contributed by atoms with Crippen molar-refractivity contribution >= 4 is 15.7 Å². The first kappa shape index (κ1) is 15.2. The van der Waals surface area contributed by atoms with Gasteiger partial charge in [0.1, 0.15) is 28.8 Å². The van der Waals surface area contributed by atoms with E-state index < -0.39 is 9.84 Å². The Labute approximate surface area is 119 Å². The van der Waals surface area contributed by atoms with Crippen molar-refractivity contribution in [2.24, 2.45) is 5.92 Å². The molecule has 6 nitrogen and oxygen atoms in total. The molecule has 114 valence electrons. The Kier molecular flexibility index (Phi) is 4.57. The number of hydrogen-bond acceptors (Lipinski definition) is 5. The van der Waals surface area contributed by atoms with Gasteiger partial charge in [0, 0.05) is 19.3 Å². The maximum atomic E-state index is 12.4. The van der Waals surface area contributed by atoms with Crippen molar-refractivity contribution in [2.75, 3.05) is 38.3 Å². The lowest BCUT2D eigenvalue weighted by molar-refractivity contribution is -0.134. The molecule has 0 aromatic rings. The Balaban J connectivity index is 2.03. The summed E-state index contributed by atoms with van der Waals surface area (Å²) >= 11 is 0. The molecule has 0 bridgehead atoms. The Hall–Kier alpha value is -1.24. The number of allylic oxidation sites excluding steroid dienone is 1. The van der Waals surface area contributed by atoms with Crippen molar-refractivity contribution in [3.8, 4) is 0 Å². The van der Waals surface area contributed by atoms with Crippen molar-refractivity contribution < 1.29 is 22.7 Å². The first-order valence-corrected chi connectivity index (χ1v) is 8.86. The molecule has 1 unspecified atom stereocenters. The minimum atomic E-state index is -3.01. The lowest BCUT2D eigenvalue weighted by Crippen LogP contribution is -2.43. The van der Waals surface area contributed by atoms with Gasteiger partial charge in [-0.05, 0) is 25.7 Å². The average molecular weight is 303 g/mol. The molecule has 0 aliphatic carbocycles. The van der Waals surface area contributed by atoms with Gasteiger partial charge >= 0.3 is 0 Å². The molecule has 1 fully saturated rings. The molecule has 2 aliphatic heterocycles. The van der Waals surface area contributed by atoms with E-state index in [4.69, 9.17) is 9.47 Å². The molecule has 0 saturated carbocycles. The first-order valence-electron chi connectivity index (χ1n) is 6.80. The normalized spacial score (nSPS) is 24.1. The van der Waals surface area contributed by atoms with E-state index in [2.05, 4.69) is 0 Å². The molecule has 2 heterocycles. The van der Waals surface area contributed by atoms with Crippen molar-refractivity contribution in [3.05, 3.63) is 11.5 Å². The number of rotatable bonds is 3. The van der Waals surface area contributed by atoms with E-state index >= 15 is 0 Å². The van der Waals surface area contributed by atoms with Crippen molar-refractivity contribution in [2.45, 2.75) is 19.8 Å². The van der Waals surface area contributed by atoms with Crippen LogP contribution in [-0.4, -0.2) is 57.5 Å². The monoisotopic (exact) mass is 303 g/mol. The van der Waals surface area contributed by atoms with Gasteiger partial charge in [-0.2, -0.15) is 0 Å². The third-order valence-electron chi connectivity index (χ3n) is 3.51. The maximum absolute atomic E-state index is 12.4. The molecule has 0 N–H and O–H groups in total. The Morgan fingerprint density at radius 1 is 1.35 bits per heavy atom. The van der Waals surface area contributed by atoms with Gasteiger partial charge in [0.05, 0.1) is 5.75 Å². The number of carbonyl (C=O) groups is 1. The summed E-state index contributed by atoms with van der Waals surface area (Å²) in [6, 6.07) is 0. The molecular formula is C13H21NO5S. The summed E-state index contributed by atoms with van der Waals surface area (Å²) in [5.74, 6) is 0.711. The Bertz CT molecular complexity index is 511. The molecular weight excluding hydrogens is 282 g/mol. The van der Waals surface area contributed by atoms with E-state index in [0.29, 0.717) is 32.1 Å². The first-order chi connectivity index (χ1) is 9.37. The second-order valence-corrected chi connectivity index (χ2v) is 7.62. The van der Waals surface area contributed by atoms with Gasteiger partial charge in [0.2, 0.25) is 5.76 Å². The van der Waals surface area contributed by atoms with E-state index in [1.54, 1.807) is 11.8 Å². The van der Waals surface area contributed by atoms with Gasteiger partial charge in [-0.15, -0.1) is 0 Å². The molecule has 2 aliphatic rings. The summed E-state index contributed by atoms with van der Waals surface area (Å²) in [7, 11) is -3.01. The van der Waals surface area contributed by atoms with Crippen molar-refractivity contribution in [1.82, 2.24) is 4.90 Å². The largest absolute Gasteiger partial charge is 0.491 e. The predicted octanol–water partition coefficient (Wildman–Crippen LogP) is 0.548. The highest BCUT2D eigenvalue weighted by Crippen LogP contribution is 2.22. The van der Waals surface area contributed by atoms with Crippen LogP contribution in [0.2, 0.25) is 0 Å². The average Bonchev–Trinajstić information content (AvgIpc) is 2.37. The fourth-order valence-electron chi connectivity index (χ4n) is 2.68. The number of piperidine rings is 1. The Morgan fingerprint density at radius 2 is 2.05 bits per heavy atom. The molecule has 1 atom stereocenters. The highest BCUT2D eigenvalue weighted by Gasteiger charge is 2.30. The number of nitrogens with zero attached hydrogens (tertiary/aromatic N) is 1. The van der Waals surface area contributed by atoms with Crippen LogP contribution < -0.4 is 0 Å². The van der Waals surface area contributed by atoms with E-state index in [-0.39, 0.29) is 23.3 Å². The van der Waals surface area contributed by atoms with Crippen LogP contribution in [0.25, 0.3) is 0 Å². The quantitative estimate of drug-likeness (QED) is 0.761. The maximum Gasteiger partial charge on any atom is 0.292 e. The molecule has 0 aromatic carbocycles. The van der Waals surface area contributed by atoms with Gasteiger partial charge in [-0.25, -0.2) is 8.42 Å². The molecule has 0 aromatic heterocycles. The summed E-state index contributed by atoms with van der Waals surface area (Å²) in [4.78, 5) is 14.1. The highest BCUT2D eigenvalue weighted by molar-refractivity contribution is 7.90. The van der Waals surface area contributed by atoms with E-state index in [9.17, 15) is 13.2 Å². The molecule has 0 spiro atoms. The van der Waals surface area contributed by atoms with Crippen LogP contribution >= 0.6 is 0 Å². The molecule has 20 heavy (non-hydrogen) atoms. The number of carbonyl (C=O) groups excluding carboxylic acids is 1. The zero-order chi connectivity index (χ0) is 14.8. The van der Waals surface area contributed by atoms with Crippen LogP contribution in [0.4, 0.5) is 0 Å². The number of hydrogen-bond donors (Lipinski definition) is 0. The van der Waals surface area contributed by atoms with Crippen LogP contribution in [0.15, 0.2) is 11.5 Å². The fraction of sp³-hybridized carbons (Fsp3) is 0.769. The van der Waals surface area contributed by atoms with Crippen LogP contribution in [0, 0.1) is 5.92 Å². The predicted molar refractivity (Wildman–Crippen MR) is 73.6 cm³/mol. The Morgan fingerprint density at radius 3 is 2.70 bits per heavy atom. The second-order valence-electron chi connectivity index (χ2n) is 5.43. The summed E-state index contributed by atoms with van der Waals surface area (Å²) < 4.78 is 33.5. The second kappa shape index (κ2) is 6.03. The number of ether oxygens (including phenoxy) is 2. The molecule has 1 saturated heterocycles. The van der Waals surface area contributed by atoms with Gasteiger partial charge in [0.25, 0.3) is 5.91 Å². The van der Waals surface area contributed by atoms with Crippen LogP contribution in [0.3, 0.4) is 0 Å². The molecule has 2 rings (SSSR count). The summed E-state index contributed by atoms with van der Waals surface area (Å²) in [5, 5.41) is 0. The number of amides is 1. The smallest absolute Gasteiger partial charge is 0.292 e. The highest BCUT2D eigenvalue weighted by atomic mass is 32.2. The lowest BCUT2D eigenvalue weighted by Gasteiger charge is -2.33. The van der Waals surface area contributed by atoms with Gasteiger partial charge < -0.3 is 14.4 Å². The topological polar surface area (TPSA) is 72.9 Å². The summed E-state index contributed by atoms with van der Waals surface area (Å²) in [5.41, 5.74) is 0. The van der Waals surface area contributed by atoms with E-state index in [1.165, 1.54) is 6.26 Å². The zero-order valence-electron chi connectivity index (χ0n) is 11.9. The van der Waals surface area contributed by atoms with Crippen molar-refractivity contribution in [1.29, 1.82) is 0 Å². The SMILES string of the molecule is CC1=C(C(=O)N2CCCC(CS(C)(=O)=O)C2)OCCO1. The number of sulfone groups is 1. The van der Waals surface area contributed by atoms with E-state index in [0.717, 1.165) is 12.8 Å². The van der Waals surface area contributed by atoms with Crippen LogP contribution in [-0.2, 0) is 24.1 Å². The lowest BCUT2D eigenvalue weighted by atomic mass is 10.00. The van der Waals surface area contributed by atoms with E-state index in [1.807, 2.05) is 0 Å². The minimum Gasteiger partial charge on any atom is -0.491 e. The summed E-state index contributed by atoms with van der Waals surface area (Å²) in [6.07, 6.45) is 2.89. The number of likely N-dealkylation sites (tertiary alicyclic amines) is 1. The van der Waals surface area contributed by atoms with Gasteiger partial charge in [0.15, 0.2) is 0 Å².